The summed E-state index contributed by atoms with van der Waals surface area (Å²) in [5.41, 5.74) is 0.256. The first-order chi connectivity index (χ1) is 11.3. The second kappa shape index (κ2) is 6.18. The SMILES string of the molecule is C=C(C)C(=O)OCCC(O)OC1C2CC3C1OC(=O)C3C2C(=O)O. The molecule has 2 aliphatic carbocycles. The summed E-state index contributed by atoms with van der Waals surface area (Å²) in [6.45, 7) is 4.91. The zero-order valence-corrected chi connectivity index (χ0v) is 13.2. The van der Waals surface area contributed by atoms with Gasteiger partial charge in [-0.05, 0) is 13.3 Å². The maximum Gasteiger partial charge on any atom is 0.333 e. The number of aliphatic hydroxyl groups is 1. The molecule has 0 amide bonds. The van der Waals surface area contributed by atoms with Crippen molar-refractivity contribution in [3.8, 4) is 0 Å². The summed E-state index contributed by atoms with van der Waals surface area (Å²) in [5, 5.41) is 19.4. The van der Waals surface area contributed by atoms with E-state index in [1.54, 1.807) is 0 Å². The smallest absolute Gasteiger partial charge is 0.333 e. The number of fused-ring (bicyclic) bond motifs is 1. The molecule has 3 rings (SSSR count). The number of hydrogen-bond donors (Lipinski definition) is 2. The van der Waals surface area contributed by atoms with E-state index in [4.69, 9.17) is 14.2 Å². The minimum absolute atomic E-state index is 0.0364. The van der Waals surface area contributed by atoms with Crippen molar-refractivity contribution in [2.24, 2.45) is 23.7 Å². The van der Waals surface area contributed by atoms with Crippen LogP contribution in [0.4, 0.5) is 0 Å². The topological polar surface area (TPSA) is 119 Å². The molecular formula is C16H20O8. The first kappa shape index (κ1) is 16.9. The Morgan fingerprint density at radius 1 is 1.42 bits per heavy atom. The molecule has 2 bridgehead atoms. The lowest BCUT2D eigenvalue weighted by Gasteiger charge is -2.31. The van der Waals surface area contributed by atoms with Gasteiger partial charge in [0.2, 0.25) is 0 Å². The highest BCUT2D eigenvalue weighted by Crippen LogP contribution is 2.58. The average molecular weight is 340 g/mol. The molecule has 7 unspecified atom stereocenters. The maximum absolute atomic E-state index is 11.9. The van der Waals surface area contributed by atoms with Gasteiger partial charge in [-0.25, -0.2) is 4.79 Å². The van der Waals surface area contributed by atoms with E-state index < -0.39 is 48.2 Å². The predicted molar refractivity (Wildman–Crippen MR) is 77.4 cm³/mol. The maximum atomic E-state index is 11.9. The lowest BCUT2D eigenvalue weighted by molar-refractivity contribution is -0.190. The van der Waals surface area contributed by atoms with Crippen LogP contribution in [-0.4, -0.2) is 53.2 Å². The molecule has 1 aliphatic heterocycles. The second-order valence-corrected chi connectivity index (χ2v) is 6.61. The summed E-state index contributed by atoms with van der Waals surface area (Å²) in [4.78, 5) is 34.6. The third-order valence-electron chi connectivity index (χ3n) is 5.09. The van der Waals surface area contributed by atoms with Crippen LogP contribution in [0, 0.1) is 23.7 Å². The number of aliphatic hydroxyl groups excluding tert-OH is 1. The molecule has 24 heavy (non-hydrogen) atoms. The summed E-state index contributed by atoms with van der Waals surface area (Å²) in [7, 11) is 0. The second-order valence-electron chi connectivity index (χ2n) is 6.61. The van der Waals surface area contributed by atoms with E-state index in [0.29, 0.717) is 6.42 Å². The molecule has 0 spiro atoms. The standard InChI is InChI=1S/C16H20O8/c1-6(2)15(20)22-4-3-9(17)23-12-7-5-8-11(10(7)14(18)19)16(21)24-13(8)12/h7-13,17H,1,3-5H2,2H3,(H,18,19). The van der Waals surface area contributed by atoms with E-state index in [1.165, 1.54) is 6.92 Å². The molecule has 3 aliphatic rings. The zero-order valence-electron chi connectivity index (χ0n) is 13.2. The van der Waals surface area contributed by atoms with Crippen molar-refractivity contribution in [3.05, 3.63) is 12.2 Å². The molecular weight excluding hydrogens is 320 g/mol. The van der Waals surface area contributed by atoms with Gasteiger partial charge in [-0.3, -0.25) is 9.59 Å². The first-order valence-electron chi connectivity index (χ1n) is 7.90. The van der Waals surface area contributed by atoms with Crippen LogP contribution in [-0.2, 0) is 28.6 Å². The van der Waals surface area contributed by atoms with Crippen molar-refractivity contribution in [2.75, 3.05) is 6.61 Å². The minimum Gasteiger partial charge on any atom is -0.481 e. The largest absolute Gasteiger partial charge is 0.481 e. The molecule has 2 saturated carbocycles. The Morgan fingerprint density at radius 3 is 2.75 bits per heavy atom. The fourth-order valence-electron chi connectivity index (χ4n) is 4.13. The molecule has 1 saturated heterocycles. The van der Waals surface area contributed by atoms with Crippen molar-refractivity contribution < 1.29 is 38.8 Å². The lowest BCUT2D eigenvalue weighted by atomic mass is 9.78. The number of aliphatic carboxylic acids is 1. The van der Waals surface area contributed by atoms with Gasteiger partial charge in [0, 0.05) is 23.8 Å². The molecule has 132 valence electrons. The van der Waals surface area contributed by atoms with Gasteiger partial charge < -0.3 is 24.4 Å². The van der Waals surface area contributed by atoms with Crippen LogP contribution in [0.5, 0.6) is 0 Å². The number of carboxylic acids is 1. The van der Waals surface area contributed by atoms with E-state index in [2.05, 4.69) is 6.58 Å². The minimum atomic E-state index is -1.24. The molecule has 0 aromatic rings. The number of carboxylic acid groups (broad SMARTS) is 1. The van der Waals surface area contributed by atoms with Gasteiger partial charge in [0.25, 0.3) is 0 Å². The van der Waals surface area contributed by atoms with Gasteiger partial charge in [0.1, 0.15) is 12.2 Å². The quantitative estimate of drug-likeness (QED) is 0.380. The van der Waals surface area contributed by atoms with Crippen molar-refractivity contribution >= 4 is 17.9 Å². The molecule has 1 heterocycles. The third-order valence-corrected chi connectivity index (χ3v) is 5.09. The monoisotopic (exact) mass is 340 g/mol. The number of hydrogen-bond acceptors (Lipinski definition) is 7. The summed E-state index contributed by atoms with van der Waals surface area (Å²) in [6, 6.07) is 0. The number of carbonyl (C=O) groups is 3. The zero-order chi connectivity index (χ0) is 17.6. The number of ether oxygens (including phenoxy) is 3. The van der Waals surface area contributed by atoms with Gasteiger partial charge in [-0.2, -0.15) is 0 Å². The van der Waals surface area contributed by atoms with Crippen molar-refractivity contribution in [1.82, 2.24) is 0 Å². The van der Waals surface area contributed by atoms with Crippen molar-refractivity contribution in [3.63, 3.8) is 0 Å². The Balaban J connectivity index is 1.58. The number of rotatable bonds is 7. The van der Waals surface area contributed by atoms with Crippen LogP contribution < -0.4 is 0 Å². The molecule has 0 radical (unpaired) electrons. The Bertz CT molecular complexity index is 585. The predicted octanol–water partition coefficient (Wildman–Crippen LogP) is 0.0915. The van der Waals surface area contributed by atoms with Crippen LogP contribution in [0.15, 0.2) is 12.2 Å². The van der Waals surface area contributed by atoms with Crippen molar-refractivity contribution in [2.45, 2.75) is 38.3 Å². The van der Waals surface area contributed by atoms with Gasteiger partial charge >= 0.3 is 17.9 Å². The Kier molecular flexibility index (Phi) is 4.35. The summed E-state index contributed by atoms with van der Waals surface area (Å²) < 4.78 is 15.7. The molecule has 8 nitrogen and oxygen atoms in total. The highest BCUT2D eigenvalue weighted by molar-refractivity contribution is 5.87. The Labute approximate surface area is 138 Å². The van der Waals surface area contributed by atoms with Gasteiger partial charge in [-0.1, -0.05) is 6.58 Å². The third kappa shape index (κ3) is 2.69. The molecule has 3 fully saturated rings. The van der Waals surface area contributed by atoms with Crippen LogP contribution in [0.1, 0.15) is 19.8 Å². The average Bonchev–Trinajstić information content (AvgIpc) is 3.10. The van der Waals surface area contributed by atoms with Crippen LogP contribution >= 0.6 is 0 Å². The van der Waals surface area contributed by atoms with E-state index in [9.17, 15) is 24.6 Å². The van der Waals surface area contributed by atoms with Crippen LogP contribution in [0.2, 0.25) is 0 Å². The molecule has 2 N–H and O–H groups in total. The first-order valence-corrected chi connectivity index (χ1v) is 7.90. The highest BCUT2D eigenvalue weighted by atomic mass is 16.6. The summed E-state index contributed by atoms with van der Waals surface area (Å²) >= 11 is 0. The molecule has 0 aromatic carbocycles. The van der Waals surface area contributed by atoms with Crippen molar-refractivity contribution in [1.29, 1.82) is 0 Å². The Hall–Kier alpha value is -1.93. The summed E-state index contributed by atoms with van der Waals surface area (Å²) in [5.74, 6) is -4.05. The number of carbonyl (C=O) groups excluding carboxylic acids is 2. The fourth-order valence-corrected chi connectivity index (χ4v) is 4.13. The fraction of sp³-hybridized carbons (Fsp3) is 0.688. The highest BCUT2D eigenvalue weighted by Gasteiger charge is 2.69. The molecule has 7 atom stereocenters. The molecule has 0 aromatic heterocycles. The van der Waals surface area contributed by atoms with Crippen LogP contribution in [0.25, 0.3) is 0 Å². The van der Waals surface area contributed by atoms with E-state index in [1.807, 2.05) is 0 Å². The lowest BCUT2D eigenvalue weighted by Crippen LogP contribution is -2.44. The normalized spacial score (nSPS) is 37.2. The summed E-state index contributed by atoms with van der Waals surface area (Å²) in [6.07, 6.45) is -1.81. The van der Waals surface area contributed by atoms with E-state index >= 15 is 0 Å². The molecule has 8 heteroatoms. The number of esters is 2. The van der Waals surface area contributed by atoms with Gasteiger partial charge in [-0.15, -0.1) is 0 Å². The Morgan fingerprint density at radius 2 is 2.12 bits per heavy atom. The van der Waals surface area contributed by atoms with E-state index in [0.717, 1.165) is 0 Å². The van der Waals surface area contributed by atoms with Gasteiger partial charge in [0.15, 0.2) is 6.29 Å². The van der Waals surface area contributed by atoms with Crippen LogP contribution in [0.3, 0.4) is 0 Å². The van der Waals surface area contributed by atoms with Gasteiger partial charge in [0.05, 0.1) is 18.4 Å². The van der Waals surface area contributed by atoms with E-state index in [-0.39, 0.29) is 30.4 Å².